The summed E-state index contributed by atoms with van der Waals surface area (Å²) in [5, 5.41) is 2.99. The first kappa shape index (κ1) is 16.4. The Bertz CT molecular complexity index is 609. The summed E-state index contributed by atoms with van der Waals surface area (Å²) in [6, 6.07) is 7.94. The van der Waals surface area contributed by atoms with E-state index in [9.17, 15) is 9.59 Å². The second kappa shape index (κ2) is 6.56. The number of amides is 2. The molecule has 4 nitrogen and oxygen atoms in total. The molecular weight excluding hydrogens is 308 g/mol. The fourth-order valence-electron chi connectivity index (χ4n) is 3.60. The Morgan fingerprint density at radius 3 is 2.65 bits per heavy atom. The minimum Gasteiger partial charge on any atom is -0.354 e. The van der Waals surface area contributed by atoms with Gasteiger partial charge < -0.3 is 10.2 Å². The molecule has 0 saturated carbocycles. The highest BCUT2D eigenvalue weighted by atomic mass is 32.2. The van der Waals surface area contributed by atoms with Crippen molar-refractivity contribution in [3.05, 3.63) is 35.4 Å². The van der Waals surface area contributed by atoms with Crippen LogP contribution in [0.3, 0.4) is 0 Å². The van der Waals surface area contributed by atoms with E-state index in [1.807, 2.05) is 54.8 Å². The molecule has 1 saturated heterocycles. The van der Waals surface area contributed by atoms with E-state index in [4.69, 9.17) is 0 Å². The first-order chi connectivity index (χ1) is 11.0. The number of fused-ring (bicyclic) bond motifs is 1. The van der Waals surface area contributed by atoms with E-state index in [0.29, 0.717) is 13.0 Å². The molecule has 2 amide bonds. The Hall–Kier alpha value is -1.49. The van der Waals surface area contributed by atoms with Gasteiger partial charge in [-0.2, -0.15) is 11.8 Å². The maximum atomic E-state index is 12.9. The zero-order valence-electron chi connectivity index (χ0n) is 13.8. The second-order valence-corrected chi connectivity index (χ2v) is 8.01. The molecular formula is C18H24N2O2S. The third-order valence-corrected chi connectivity index (χ3v) is 5.74. The number of benzene rings is 1. The predicted octanol–water partition coefficient (Wildman–Crippen LogP) is 2.82. The van der Waals surface area contributed by atoms with Crippen LogP contribution in [-0.2, 0) is 11.3 Å². The molecule has 1 aromatic carbocycles. The highest BCUT2D eigenvalue weighted by Crippen LogP contribution is 2.40. The summed E-state index contributed by atoms with van der Waals surface area (Å²) in [7, 11) is 0. The molecule has 0 aliphatic carbocycles. The van der Waals surface area contributed by atoms with E-state index < -0.39 is 0 Å². The summed E-state index contributed by atoms with van der Waals surface area (Å²) in [5.41, 5.74) is 1.55. The van der Waals surface area contributed by atoms with Crippen molar-refractivity contribution in [1.29, 1.82) is 0 Å². The molecule has 124 valence electrons. The second-order valence-electron chi connectivity index (χ2n) is 6.78. The molecule has 0 aromatic heterocycles. The summed E-state index contributed by atoms with van der Waals surface area (Å²) in [6.45, 7) is 4.57. The summed E-state index contributed by atoms with van der Waals surface area (Å²) in [6.07, 6.45) is 2.19. The van der Waals surface area contributed by atoms with Crippen LogP contribution in [0.5, 0.6) is 0 Å². The van der Waals surface area contributed by atoms with Crippen molar-refractivity contribution in [3.8, 4) is 0 Å². The van der Waals surface area contributed by atoms with Gasteiger partial charge in [0.15, 0.2) is 0 Å². The summed E-state index contributed by atoms with van der Waals surface area (Å²) in [4.78, 5) is 27.3. The first-order valence-corrected chi connectivity index (χ1v) is 9.44. The normalized spacial score (nSPS) is 19.8. The third kappa shape index (κ3) is 3.25. The molecule has 0 unspecified atom stereocenters. The van der Waals surface area contributed by atoms with Gasteiger partial charge in [-0.25, -0.2) is 0 Å². The lowest BCUT2D eigenvalue weighted by Gasteiger charge is -2.44. The Morgan fingerprint density at radius 2 is 2.00 bits per heavy atom. The van der Waals surface area contributed by atoms with Crippen LogP contribution < -0.4 is 5.32 Å². The Morgan fingerprint density at radius 1 is 1.30 bits per heavy atom. The topological polar surface area (TPSA) is 49.4 Å². The fourth-order valence-corrected chi connectivity index (χ4v) is 4.86. The predicted molar refractivity (Wildman–Crippen MR) is 93.5 cm³/mol. The molecule has 2 aliphatic heterocycles. The maximum Gasteiger partial charge on any atom is 0.254 e. The highest BCUT2D eigenvalue weighted by Gasteiger charge is 2.45. The van der Waals surface area contributed by atoms with Gasteiger partial charge in [-0.05, 0) is 49.8 Å². The van der Waals surface area contributed by atoms with Gasteiger partial charge in [0.2, 0.25) is 5.91 Å². The standard InChI is InChI=1S/C18H24N2O2S/c1-13(2)19-16(21)11-18(7-9-23-10-8-18)20-12-14-5-3-4-6-15(14)17(20)22/h3-6,13H,7-12H2,1-2H3,(H,19,21). The zero-order valence-corrected chi connectivity index (χ0v) is 14.6. The number of hydrogen-bond acceptors (Lipinski definition) is 3. The number of rotatable bonds is 4. The van der Waals surface area contributed by atoms with E-state index in [1.165, 1.54) is 0 Å². The quantitative estimate of drug-likeness (QED) is 0.922. The van der Waals surface area contributed by atoms with Gasteiger partial charge in [0.05, 0.1) is 5.54 Å². The fraction of sp³-hybridized carbons (Fsp3) is 0.556. The molecule has 0 atom stereocenters. The molecule has 5 heteroatoms. The number of hydrogen-bond donors (Lipinski definition) is 1. The lowest BCUT2D eigenvalue weighted by Crippen LogP contribution is -2.54. The maximum absolute atomic E-state index is 12.9. The average Bonchev–Trinajstić information content (AvgIpc) is 2.85. The van der Waals surface area contributed by atoms with Crippen LogP contribution in [0.2, 0.25) is 0 Å². The van der Waals surface area contributed by atoms with Gasteiger partial charge in [-0.15, -0.1) is 0 Å². The largest absolute Gasteiger partial charge is 0.354 e. The Kier molecular flexibility index (Phi) is 4.67. The van der Waals surface area contributed by atoms with Gasteiger partial charge in [0, 0.05) is 24.6 Å². The Balaban J connectivity index is 1.85. The molecule has 0 spiro atoms. The van der Waals surface area contributed by atoms with Gasteiger partial charge in [-0.1, -0.05) is 18.2 Å². The van der Waals surface area contributed by atoms with Crippen molar-refractivity contribution in [2.24, 2.45) is 0 Å². The lowest BCUT2D eigenvalue weighted by molar-refractivity contribution is -0.124. The number of nitrogens with zero attached hydrogens (tertiary/aromatic N) is 1. The molecule has 1 fully saturated rings. The smallest absolute Gasteiger partial charge is 0.254 e. The van der Waals surface area contributed by atoms with Crippen molar-refractivity contribution in [2.45, 2.75) is 51.2 Å². The number of thioether (sulfide) groups is 1. The van der Waals surface area contributed by atoms with Crippen LogP contribution in [-0.4, -0.2) is 39.8 Å². The zero-order chi connectivity index (χ0) is 16.4. The van der Waals surface area contributed by atoms with Crippen LogP contribution in [0.1, 0.15) is 49.0 Å². The summed E-state index contributed by atoms with van der Waals surface area (Å²) >= 11 is 1.91. The molecule has 3 rings (SSSR count). The van der Waals surface area contributed by atoms with Crippen LogP contribution in [0.4, 0.5) is 0 Å². The molecule has 23 heavy (non-hydrogen) atoms. The molecule has 2 heterocycles. The lowest BCUT2D eigenvalue weighted by atomic mass is 9.86. The highest BCUT2D eigenvalue weighted by molar-refractivity contribution is 7.99. The van der Waals surface area contributed by atoms with Crippen LogP contribution in [0, 0.1) is 0 Å². The van der Waals surface area contributed by atoms with Crippen LogP contribution >= 0.6 is 11.8 Å². The average molecular weight is 332 g/mol. The van der Waals surface area contributed by atoms with Crippen LogP contribution in [0.15, 0.2) is 24.3 Å². The Labute approximate surface area is 142 Å². The number of carbonyl (C=O) groups excluding carboxylic acids is 2. The van der Waals surface area contributed by atoms with Gasteiger partial charge in [-0.3, -0.25) is 9.59 Å². The van der Waals surface area contributed by atoms with Crippen molar-refractivity contribution < 1.29 is 9.59 Å². The van der Waals surface area contributed by atoms with Crippen molar-refractivity contribution in [2.75, 3.05) is 11.5 Å². The third-order valence-electron chi connectivity index (χ3n) is 4.76. The van der Waals surface area contributed by atoms with E-state index in [1.54, 1.807) is 0 Å². The van der Waals surface area contributed by atoms with E-state index in [-0.39, 0.29) is 23.4 Å². The van der Waals surface area contributed by atoms with E-state index >= 15 is 0 Å². The minimum atomic E-state index is -0.333. The number of nitrogens with one attached hydrogen (secondary N) is 1. The molecule has 0 bridgehead atoms. The first-order valence-electron chi connectivity index (χ1n) is 8.29. The van der Waals surface area contributed by atoms with Gasteiger partial charge in [0.25, 0.3) is 5.91 Å². The SMILES string of the molecule is CC(C)NC(=O)CC1(N2Cc3ccccc3C2=O)CCSCC1. The van der Waals surface area contributed by atoms with E-state index in [2.05, 4.69) is 5.32 Å². The summed E-state index contributed by atoms with van der Waals surface area (Å²) in [5.74, 6) is 2.16. The van der Waals surface area contributed by atoms with Crippen molar-refractivity contribution in [3.63, 3.8) is 0 Å². The molecule has 1 N–H and O–H groups in total. The van der Waals surface area contributed by atoms with Crippen molar-refractivity contribution in [1.82, 2.24) is 10.2 Å². The van der Waals surface area contributed by atoms with Gasteiger partial charge in [0.1, 0.15) is 0 Å². The van der Waals surface area contributed by atoms with Crippen LogP contribution in [0.25, 0.3) is 0 Å². The summed E-state index contributed by atoms with van der Waals surface area (Å²) < 4.78 is 0. The minimum absolute atomic E-state index is 0.0515. The molecule has 0 radical (unpaired) electrons. The number of carbonyl (C=O) groups is 2. The monoisotopic (exact) mass is 332 g/mol. The molecule has 2 aliphatic rings. The molecule has 1 aromatic rings. The van der Waals surface area contributed by atoms with Crippen molar-refractivity contribution >= 4 is 23.6 Å². The van der Waals surface area contributed by atoms with Gasteiger partial charge >= 0.3 is 0 Å². The van der Waals surface area contributed by atoms with E-state index in [0.717, 1.165) is 35.5 Å².